The second kappa shape index (κ2) is 10.5. The van der Waals surface area contributed by atoms with Crippen molar-refractivity contribution in [3.8, 4) is 17.2 Å². The number of phenols is 2. The summed E-state index contributed by atoms with van der Waals surface area (Å²) in [4.78, 5) is 37.0. The number of rotatable bonds is 8. The van der Waals surface area contributed by atoms with E-state index < -0.39 is 29.6 Å². The van der Waals surface area contributed by atoms with Crippen LogP contribution >= 0.6 is 11.8 Å². The van der Waals surface area contributed by atoms with E-state index >= 15 is 0 Å². The number of carbonyl (C=O) groups is 3. The number of nitrogens with zero attached hydrogens (tertiary/aromatic N) is 3. The van der Waals surface area contributed by atoms with E-state index in [-0.39, 0.29) is 28.8 Å². The number of ether oxygens (including phenoxy) is 1. The first-order valence-corrected chi connectivity index (χ1v) is 10.4. The van der Waals surface area contributed by atoms with Gasteiger partial charge in [0.15, 0.2) is 16.7 Å². The van der Waals surface area contributed by atoms with Gasteiger partial charge in [-0.05, 0) is 48.0 Å². The lowest BCUT2D eigenvalue weighted by atomic mass is 10.2. The average Bonchev–Trinajstić information content (AvgIpc) is 3.09. The molecule has 4 N–H and O–H groups in total. The zero-order chi connectivity index (χ0) is 24.0. The van der Waals surface area contributed by atoms with Crippen molar-refractivity contribution >= 4 is 46.6 Å². The van der Waals surface area contributed by atoms with Gasteiger partial charge in [-0.15, -0.1) is 5.10 Å². The Morgan fingerprint density at radius 2 is 1.94 bits per heavy atom. The third kappa shape index (κ3) is 6.01. The van der Waals surface area contributed by atoms with Gasteiger partial charge in [0.05, 0.1) is 19.0 Å². The Morgan fingerprint density at radius 3 is 2.61 bits per heavy atom. The van der Waals surface area contributed by atoms with Gasteiger partial charge in [0.2, 0.25) is 11.8 Å². The van der Waals surface area contributed by atoms with Crippen molar-refractivity contribution in [3.63, 3.8) is 0 Å². The minimum absolute atomic E-state index is 0.0143. The Balaban J connectivity index is 1.84. The maximum absolute atomic E-state index is 13.0. The molecule has 1 atom stereocenters. The SMILES string of the molecule is COc1cc(C=NN=C2SC(CC(=O)NCC(=O)O)C(=O)N2c2ccc(O)cc2)ccc1O. The van der Waals surface area contributed by atoms with Crippen molar-refractivity contribution in [1.82, 2.24) is 5.32 Å². The zero-order valence-electron chi connectivity index (χ0n) is 17.3. The van der Waals surface area contributed by atoms with Crippen molar-refractivity contribution < 1.29 is 34.4 Å². The maximum atomic E-state index is 13.0. The van der Waals surface area contributed by atoms with Crippen LogP contribution in [-0.4, -0.2) is 63.4 Å². The number of amides is 2. The highest BCUT2D eigenvalue weighted by Gasteiger charge is 2.40. The van der Waals surface area contributed by atoms with Crippen LogP contribution in [0.15, 0.2) is 52.7 Å². The molecule has 0 saturated carbocycles. The molecule has 11 nitrogen and oxygen atoms in total. The average molecular weight is 472 g/mol. The summed E-state index contributed by atoms with van der Waals surface area (Å²) in [5.41, 5.74) is 1.00. The number of nitrogens with one attached hydrogen (secondary N) is 1. The van der Waals surface area contributed by atoms with Crippen LogP contribution in [0.2, 0.25) is 0 Å². The van der Waals surface area contributed by atoms with E-state index in [1.807, 2.05) is 0 Å². The number of hydrogen-bond donors (Lipinski definition) is 4. The number of carboxylic acids is 1. The van der Waals surface area contributed by atoms with E-state index in [0.717, 1.165) is 11.8 Å². The molecule has 1 fully saturated rings. The third-order valence-electron chi connectivity index (χ3n) is 4.40. The molecule has 1 aliphatic heterocycles. The van der Waals surface area contributed by atoms with Crippen LogP contribution in [0.25, 0.3) is 0 Å². The number of thioether (sulfide) groups is 1. The number of amidine groups is 1. The van der Waals surface area contributed by atoms with Gasteiger partial charge in [-0.25, -0.2) is 0 Å². The molecule has 1 aliphatic rings. The van der Waals surface area contributed by atoms with Crippen molar-refractivity contribution in [2.24, 2.45) is 10.2 Å². The van der Waals surface area contributed by atoms with Gasteiger partial charge in [-0.3, -0.25) is 19.3 Å². The molecule has 0 aliphatic carbocycles. The van der Waals surface area contributed by atoms with Crippen LogP contribution < -0.4 is 15.0 Å². The molecule has 172 valence electrons. The topological polar surface area (TPSA) is 161 Å². The predicted molar refractivity (Wildman–Crippen MR) is 122 cm³/mol. The monoisotopic (exact) mass is 472 g/mol. The lowest BCUT2D eigenvalue weighted by Gasteiger charge is -2.15. The predicted octanol–water partition coefficient (Wildman–Crippen LogP) is 1.54. The van der Waals surface area contributed by atoms with Crippen LogP contribution in [0.1, 0.15) is 12.0 Å². The quantitative estimate of drug-likeness (QED) is 0.332. The number of phenolic OH excluding ortho intramolecular Hbond substituents is 2. The second-order valence-corrected chi connectivity index (χ2v) is 7.90. The minimum atomic E-state index is -1.19. The normalized spacial score (nSPS) is 17.0. The zero-order valence-corrected chi connectivity index (χ0v) is 18.2. The van der Waals surface area contributed by atoms with E-state index in [0.29, 0.717) is 11.3 Å². The van der Waals surface area contributed by atoms with Gasteiger partial charge >= 0.3 is 5.97 Å². The molecule has 2 aromatic carbocycles. The molecule has 2 amide bonds. The molecule has 33 heavy (non-hydrogen) atoms. The highest BCUT2D eigenvalue weighted by atomic mass is 32.2. The third-order valence-corrected chi connectivity index (χ3v) is 5.53. The number of benzene rings is 2. The first kappa shape index (κ1) is 23.6. The molecule has 0 bridgehead atoms. The van der Waals surface area contributed by atoms with Gasteiger partial charge in [0.25, 0.3) is 0 Å². The Morgan fingerprint density at radius 1 is 1.21 bits per heavy atom. The second-order valence-electron chi connectivity index (χ2n) is 6.73. The summed E-state index contributed by atoms with van der Waals surface area (Å²) in [5, 5.41) is 37.7. The van der Waals surface area contributed by atoms with Crippen molar-refractivity contribution in [2.75, 3.05) is 18.6 Å². The van der Waals surface area contributed by atoms with Gasteiger partial charge in [-0.1, -0.05) is 11.8 Å². The summed E-state index contributed by atoms with van der Waals surface area (Å²) in [5.74, 6) is -1.97. The van der Waals surface area contributed by atoms with Crippen LogP contribution in [0, 0.1) is 0 Å². The first-order valence-electron chi connectivity index (χ1n) is 9.54. The lowest BCUT2D eigenvalue weighted by molar-refractivity contribution is -0.137. The Bertz CT molecular complexity index is 1120. The van der Waals surface area contributed by atoms with Crippen molar-refractivity contribution in [3.05, 3.63) is 48.0 Å². The summed E-state index contributed by atoms with van der Waals surface area (Å²) in [7, 11) is 1.42. The molecule has 0 aromatic heterocycles. The van der Waals surface area contributed by atoms with Crippen molar-refractivity contribution in [2.45, 2.75) is 11.7 Å². The molecule has 2 aromatic rings. The summed E-state index contributed by atoms with van der Waals surface area (Å²) in [6.45, 7) is -0.548. The standard InChI is InChI=1S/C21H20N4O7S/c1-32-16-8-12(2-7-15(16)27)10-23-24-21-25(13-3-5-14(26)6-4-13)20(31)17(33-21)9-18(28)22-11-19(29)30/h2-8,10,17,26-27H,9,11H2,1H3,(H,22,28)(H,29,30). The summed E-state index contributed by atoms with van der Waals surface area (Å²) < 4.78 is 5.05. The van der Waals surface area contributed by atoms with E-state index in [1.165, 1.54) is 48.6 Å². The molecule has 1 heterocycles. The van der Waals surface area contributed by atoms with E-state index in [1.54, 1.807) is 12.1 Å². The molecule has 12 heteroatoms. The molecular formula is C21H20N4O7S. The Labute approximate surface area is 192 Å². The maximum Gasteiger partial charge on any atom is 0.322 e. The van der Waals surface area contributed by atoms with E-state index in [4.69, 9.17) is 9.84 Å². The largest absolute Gasteiger partial charge is 0.508 e. The highest BCUT2D eigenvalue weighted by molar-refractivity contribution is 8.16. The first-order chi connectivity index (χ1) is 15.8. The van der Waals surface area contributed by atoms with Crippen molar-refractivity contribution in [1.29, 1.82) is 0 Å². The summed E-state index contributed by atoms with van der Waals surface area (Å²) >= 11 is 1.01. The Hall–Kier alpha value is -4.06. The molecule has 3 rings (SSSR count). The number of aliphatic carboxylic acids is 1. The number of carboxylic acid groups (broad SMARTS) is 1. The molecule has 1 unspecified atom stereocenters. The Kier molecular flexibility index (Phi) is 7.51. The molecule has 0 radical (unpaired) electrons. The van der Waals surface area contributed by atoms with Crippen LogP contribution in [-0.2, 0) is 14.4 Å². The van der Waals surface area contributed by atoms with Crippen LogP contribution in [0.4, 0.5) is 5.69 Å². The summed E-state index contributed by atoms with van der Waals surface area (Å²) in [6, 6.07) is 10.4. The number of methoxy groups -OCH3 is 1. The fourth-order valence-electron chi connectivity index (χ4n) is 2.84. The van der Waals surface area contributed by atoms with Crippen LogP contribution in [0.5, 0.6) is 17.2 Å². The highest BCUT2D eigenvalue weighted by Crippen LogP contribution is 2.34. The lowest BCUT2D eigenvalue weighted by Crippen LogP contribution is -2.36. The number of anilines is 1. The smallest absolute Gasteiger partial charge is 0.322 e. The number of hydrogen-bond acceptors (Lipinski definition) is 9. The van der Waals surface area contributed by atoms with E-state index in [9.17, 15) is 24.6 Å². The van der Waals surface area contributed by atoms with Gasteiger partial charge in [-0.2, -0.15) is 5.10 Å². The van der Waals surface area contributed by atoms with Crippen LogP contribution in [0.3, 0.4) is 0 Å². The molecule has 0 spiro atoms. The van der Waals surface area contributed by atoms with Gasteiger partial charge in [0.1, 0.15) is 17.5 Å². The fraction of sp³-hybridized carbons (Fsp3) is 0.190. The summed E-state index contributed by atoms with van der Waals surface area (Å²) in [6.07, 6.45) is 1.16. The van der Waals surface area contributed by atoms with E-state index in [2.05, 4.69) is 15.5 Å². The molecular weight excluding hydrogens is 452 g/mol. The fourth-order valence-corrected chi connectivity index (χ4v) is 3.93. The number of aromatic hydroxyl groups is 2. The molecule has 1 saturated heterocycles. The minimum Gasteiger partial charge on any atom is -0.508 e. The van der Waals surface area contributed by atoms with Gasteiger partial charge < -0.3 is 25.4 Å². The van der Waals surface area contributed by atoms with Gasteiger partial charge in [0, 0.05) is 6.42 Å². The number of carbonyl (C=O) groups excluding carboxylic acids is 2.